The van der Waals surface area contributed by atoms with Crippen molar-refractivity contribution >= 4 is 16.7 Å². The van der Waals surface area contributed by atoms with Gasteiger partial charge in [0.15, 0.2) is 5.78 Å². The highest BCUT2D eigenvalue weighted by atomic mass is 16.5. The maximum absolute atomic E-state index is 12.8. The van der Waals surface area contributed by atoms with Crippen LogP contribution in [0.2, 0.25) is 0 Å². The summed E-state index contributed by atoms with van der Waals surface area (Å²) in [4.78, 5) is 17.5. The first-order valence-corrected chi connectivity index (χ1v) is 9.12. The number of Topliss-reactive ketones (excluding diaryl/α,β-unsaturated/α-hetero) is 1. The van der Waals surface area contributed by atoms with E-state index in [4.69, 9.17) is 9.72 Å². The lowest BCUT2D eigenvalue weighted by Gasteiger charge is -2.16. The van der Waals surface area contributed by atoms with Crippen LogP contribution in [0, 0.1) is 5.92 Å². The number of ether oxygens (including phenoxy) is 1. The molecule has 0 aliphatic heterocycles. The van der Waals surface area contributed by atoms with E-state index in [1.807, 2.05) is 25.1 Å². The van der Waals surface area contributed by atoms with E-state index in [-0.39, 0.29) is 17.8 Å². The van der Waals surface area contributed by atoms with Crippen molar-refractivity contribution in [3.63, 3.8) is 0 Å². The molecule has 3 nitrogen and oxygen atoms in total. The minimum absolute atomic E-state index is 0.0223. The fraction of sp³-hybridized carbons (Fsp3) is 0.524. The molecule has 2 aromatic rings. The lowest BCUT2D eigenvalue weighted by Crippen LogP contribution is -2.16. The van der Waals surface area contributed by atoms with Crippen molar-refractivity contribution in [3.8, 4) is 0 Å². The van der Waals surface area contributed by atoms with Gasteiger partial charge in [-0.05, 0) is 68.4 Å². The van der Waals surface area contributed by atoms with Crippen LogP contribution in [0.3, 0.4) is 0 Å². The Morgan fingerprint density at radius 3 is 2.83 bits per heavy atom. The number of ketones is 1. The number of hydrogen-bond acceptors (Lipinski definition) is 3. The molecule has 0 radical (unpaired) electrons. The molecule has 0 N–H and O–H groups in total. The Morgan fingerprint density at radius 1 is 1.25 bits per heavy atom. The number of carbonyl (C=O) groups excluding carboxylic acids is 1. The van der Waals surface area contributed by atoms with Crippen LogP contribution in [0.25, 0.3) is 10.9 Å². The number of carbonyl (C=O) groups is 1. The van der Waals surface area contributed by atoms with Crippen LogP contribution in [0.5, 0.6) is 0 Å². The second-order valence-electron chi connectivity index (χ2n) is 6.96. The average molecular weight is 325 g/mol. The summed E-state index contributed by atoms with van der Waals surface area (Å²) in [6, 6.07) is 8.18. The Morgan fingerprint density at radius 2 is 2.08 bits per heavy atom. The van der Waals surface area contributed by atoms with Gasteiger partial charge in [-0.25, -0.2) is 0 Å². The van der Waals surface area contributed by atoms with Gasteiger partial charge in [-0.15, -0.1) is 0 Å². The SMILES string of the molecule is CCC(CCC(C)C(=O)c1ccc2nc3c(cc2c1)CCC3)OC. The lowest BCUT2D eigenvalue weighted by molar-refractivity contribution is 0.0792. The number of nitrogens with zero attached hydrogens (tertiary/aromatic N) is 1. The van der Waals surface area contributed by atoms with Crippen molar-refractivity contribution in [3.05, 3.63) is 41.1 Å². The molecule has 1 aromatic carbocycles. The predicted molar refractivity (Wildman–Crippen MR) is 97.6 cm³/mol. The summed E-state index contributed by atoms with van der Waals surface area (Å²) in [5.74, 6) is 0.248. The van der Waals surface area contributed by atoms with Gasteiger partial charge in [0.1, 0.15) is 0 Å². The maximum atomic E-state index is 12.8. The van der Waals surface area contributed by atoms with Crippen LogP contribution in [0.4, 0.5) is 0 Å². The average Bonchev–Trinajstić information content (AvgIpc) is 3.06. The first kappa shape index (κ1) is 17.1. The number of hydrogen-bond donors (Lipinski definition) is 0. The molecule has 3 rings (SSSR count). The number of rotatable bonds is 7. The van der Waals surface area contributed by atoms with E-state index in [2.05, 4.69) is 13.0 Å². The number of fused-ring (bicyclic) bond motifs is 2. The highest BCUT2D eigenvalue weighted by Crippen LogP contribution is 2.26. The van der Waals surface area contributed by atoms with Crippen LogP contribution < -0.4 is 0 Å². The molecule has 1 aliphatic carbocycles. The molecule has 128 valence electrons. The standard InChI is InChI=1S/C21H27NO2/c1-4-18(24-3)10-8-14(2)21(23)16-9-11-20-17(13-16)12-15-6-5-7-19(15)22-20/h9,11-14,18H,4-8,10H2,1-3H3. The quantitative estimate of drug-likeness (QED) is 0.690. The third-order valence-corrected chi connectivity index (χ3v) is 5.29. The molecule has 1 aromatic heterocycles. The minimum atomic E-state index is 0.0223. The van der Waals surface area contributed by atoms with E-state index in [1.54, 1.807) is 7.11 Å². The summed E-state index contributed by atoms with van der Waals surface area (Å²) in [7, 11) is 1.75. The molecule has 0 spiro atoms. The van der Waals surface area contributed by atoms with Crippen LogP contribution in [0.1, 0.15) is 61.1 Å². The second-order valence-corrected chi connectivity index (χ2v) is 6.96. The molecule has 1 aliphatic rings. The molecular formula is C21H27NO2. The second kappa shape index (κ2) is 7.43. The summed E-state index contributed by atoms with van der Waals surface area (Å²) in [5.41, 5.74) is 4.40. The minimum Gasteiger partial charge on any atom is -0.381 e. The highest BCUT2D eigenvalue weighted by molar-refractivity contribution is 6.00. The summed E-state index contributed by atoms with van der Waals surface area (Å²) in [6.07, 6.45) is 6.44. The lowest BCUT2D eigenvalue weighted by atomic mass is 9.92. The summed E-state index contributed by atoms with van der Waals surface area (Å²) < 4.78 is 5.42. The number of aryl methyl sites for hydroxylation is 2. The third kappa shape index (κ3) is 3.51. The Balaban J connectivity index is 1.76. The van der Waals surface area contributed by atoms with Crippen molar-refractivity contribution in [2.75, 3.05) is 7.11 Å². The zero-order chi connectivity index (χ0) is 17.1. The summed E-state index contributed by atoms with van der Waals surface area (Å²) in [6.45, 7) is 4.14. The monoisotopic (exact) mass is 325 g/mol. The number of aromatic nitrogens is 1. The van der Waals surface area contributed by atoms with Gasteiger partial charge in [0.25, 0.3) is 0 Å². The molecule has 0 fully saturated rings. The molecule has 24 heavy (non-hydrogen) atoms. The third-order valence-electron chi connectivity index (χ3n) is 5.29. The van der Waals surface area contributed by atoms with Crippen LogP contribution in [0.15, 0.2) is 24.3 Å². The fourth-order valence-electron chi connectivity index (χ4n) is 3.63. The molecular weight excluding hydrogens is 298 g/mol. The Hall–Kier alpha value is -1.74. The van der Waals surface area contributed by atoms with Crippen LogP contribution >= 0.6 is 0 Å². The molecule has 3 heteroatoms. The Bertz CT molecular complexity index is 734. The van der Waals surface area contributed by atoms with E-state index in [9.17, 15) is 4.79 Å². The van der Waals surface area contributed by atoms with Gasteiger partial charge < -0.3 is 4.74 Å². The van der Waals surface area contributed by atoms with Crippen molar-refractivity contribution in [2.45, 2.75) is 58.5 Å². The van der Waals surface area contributed by atoms with Crippen molar-refractivity contribution in [2.24, 2.45) is 5.92 Å². The predicted octanol–water partition coefficient (Wildman–Crippen LogP) is 4.75. The van der Waals surface area contributed by atoms with Crippen LogP contribution in [-0.2, 0) is 17.6 Å². The summed E-state index contributed by atoms with van der Waals surface area (Å²) >= 11 is 0. The zero-order valence-electron chi connectivity index (χ0n) is 15.0. The normalized spacial score (nSPS) is 16.1. The molecule has 0 saturated carbocycles. The van der Waals surface area contributed by atoms with Crippen molar-refractivity contribution in [1.82, 2.24) is 4.98 Å². The van der Waals surface area contributed by atoms with Gasteiger partial charge in [-0.1, -0.05) is 13.8 Å². The molecule has 0 amide bonds. The fourth-order valence-corrected chi connectivity index (χ4v) is 3.63. The number of pyridine rings is 1. The maximum Gasteiger partial charge on any atom is 0.165 e. The smallest absolute Gasteiger partial charge is 0.165 e. The van der Waals surface area contributed by atoms with Crippen LogP contribution in [-0.4, -0.2) is 24.0 Å². The molecule has 2 unspecified atom stereocenters. The molecule has 2 atom stereocenters. The van der Waals surface area contributed by atoms with E-state index >= 15 is 0 Å². The molecule has 0 bridgehead atoms. The van der Waals surface area contributed by atoms with Gasteiger partial charge in [-0.3, -0.25) is 9.78 Å². The summed E-state index contributed by atoms with van der Waals surface area (Å²) in [5, 5.41) is 1.09. The van der Waals surface area contributed by atoms with E-state index in [0.29, 0.717) is 0 Å². The largest absolute Gasteiger partial charge is 0.381 e. The van der Waals surface area contributed by atoms with Gasteiger partial charge in [0.2, 0.25) is 0 Å². The Labute approximate surface area is 144 Å². The van der Waals surface area contributed by atoms with Crippen molar-refractivity contribution in [1.29, 1.82) is 0 Å². The van der Waals surface area contributed by atoms with E-state index in [0.717, 1.165) is 48.6 Å². The van der Waals surface area contributed by atoms with Gasteiger partial charge >= 0.3 is 0 Å². The topological polar surface area (TPSA) is 39.2 Å². The van der Waals surface area contributed by atoms with Gasteiger partial charge in [0, 0.05) is 29.7 Å². The zero-order valence-corrected chi connectivity index (χ0v) is 15.0. The molecule has 0 saturated heterocycles. The van der Waals surface area contributed by atoms with Crippen molar-refractivity contribution < 1.29 is 9.53 Å². The van der Waals surface area contributed by atoms with E-state index in [1.165, 1.54) is 17.7 Å². The molecule has 1 heterocycles. The number of methoxy groups -OCH3 is 1. The Kier molecular flexibility index (Phi) is 5.30. The first-order chi connectivity index (χ1) is 11.6. The van der Waals surface area contributed by atoms with E-state index < -0.39 is 0 Å². The number of benzene rings is 1. The highest BCUT2D eigenvalue weighted by Gasteiger charge is 2.18. The van der Waals surface area contributed by atoms with Gasteiger partial charge in [-0.2, -0.15) is 0 Å². The van der Waals surface area contributed by atoms with Gasteiger partial charge in [0.05, 0.1) is 11.6 Å². The first-order valence-electron chi connectivity index (χ1n) is 9.12.